The summed E-state index contributed by atoms with van der Waals surface area (Å²) in [6.07, 6.45) is 2.76. The molecule has 29 heavy (non-hydrogen) atoms. The fraction of sp³-hybridized carbons (Fsp3) is 0.318. The summed E-state index contributed by atoms with van der Waals surface area (Å²) in [7, 11) is 0. The lowest BCUT2D eigenvalue weighted by molar-refractivity contribution is -0.134. The van der Waals surface area contributed by atoms with Crippen molar-refractivity contribution in [1.82, 2.24) is 5.32 Å². The highest BCUT2D eigenvalue weighted by molar-refractivity contribution is 6.34. The van der Waals surface area contributed by atoms with Gasteiger partial charge in [0, 0.05) is 24.9 Å². The Morgan fingerprint density at radius 1 is 1.07 bits per heavy atom. The zero-order valence-corrected chi connectivity index (χ0v) is 16.5. The average molecular weight is 415 g/mol. The molecule has 2 aromatic carbocycles. The maximum absolute atomic E-state index is 14.8. The summed E-state index contributed by atoms with van der Waals surface area (Å²) in [5, 5.41) is 2.70. The van der Waals surface area contributed by atoms with Crippen LogP contribution < -0.4 is 10.2 Å². The van der Waals surface area contributed by atoms with Gasteiger partial charge in [-0.15, -0.1) is 0 Å². The van der Waals surface area contributed by atoms with Gasteiger partial charge >= 0.3 is 0 Å². The lowest BCUT2D eigenvalue weighted by Crippen LogP contribution is -2.39. The first-order valence-corrected chi connectivity index (χ1v) is 10.1. The Bertz CT molecular complexity index is 1010. The van der Waals surface area contributed by atoms with Gasteiger partial charge in [0.1, 0.15) is 5.82 Å². The van der Waals surface area contributed by atoms with Crippen LogP contribution in [0.4, 0.5) is 10.1 Å². The Balaban J connectivity index is 1.67. The molecule has 1 N–H and O–H groups in total. The number of nitrogens with zero attached hydrogens (tertiary/aromatic N) is 1. The highest BCUT2D eigenvalue weighted by atomic mass is 35.5. The maximum Gasteiger partial charge on any atom is 0.234 e. The minimum atomic E-state index is -0.518. The van der Waals surface area contributed by atoms with Crippen LogP contribution in [0.5, 0.6) is 0 Å². The first-order chi connectivity index (χ1) is 14.0. The lowest BCUT2D eigenvalue weighted by atomic mass is 9.88. The molecule has 2 aliphatic heterocycles. The van der Waals surface area contributed by atoms with E-state index in [4.69, 9.17) is 11.6 Å². The molecule has 0 spiro atoms. The van der Waals surface area contributed by atoms with Crippen LogP contribution in [-0.4, -0.2) is 24.3 Å². The van der Waals surface area contributed by atoms with E-state index in [1.807, 2.05) is 0 Å². The Hall–Kier alpha value is -2.73. The monoisotopic (exact) mass is 414 g/mol. The molecule has 0 aromatic heterocycles. The van der Waals surface area contributed by atoms with E-state index in [2.05, 4.69) is 5.32 Å². The van der Waals surface area contributed by atoms with Crippen LogP contribution in [0.3, 0.4) is 0 Å². The standard InChI is InChI=1S/C22H20ClFN2O3/c23-21-14(4-3-5-15(21)16-8-10-19(27)25-22(16)29)13-7-9-18(17(24)12-13)26-11-2-1-6-20(26)28/h3-5,7,9,12,16H,1-2,6,8,10-11H2,(H,25,27,29). The zero-order valence-electron chi connectivity index (χ0n) is 15.7. The first-order valence-electron chi connectivity index (χ1n) is 9.68. The van der Waals surface area contributed by atoms with Gasteiger partial charge in [-0.3, -0.25) is 19.7 Å². The van der Waals surface area contributed by atoms with E-state index in [1.54, 1.807) is 30.3 Å². The van der Waals surface area contributed by atoms with Crippen molar-refractivity contribution in [2.75, 3.05) is 11.4 Å². The van der Waals surface area contributed by atoms with Gasteiger partial charge < -0.3 is 4.90 Å². The molecule has 150 valence electrons. The van der Waals surface area contributed by atoms with E-state index in [9.17, 15) is 18.8 Å². The molecule has 0 radical (unpaired) electrons. The largest absolute Gasteiger partial charge is 0.310 e. The third-order valence-corrected chi connectivity index (χ3v) is 5.94. The molecule has 5 nitrogen and oxygen atoms in total. The number of carbonyl (C=O) groups is 3. The number of rotatable bonds is 3. The molecule has 4 rings (SSSR count). The molecule has 3 amide bonds. The summed E-state index contributed by atoms with van der Waals surface area (Å²) in [5.41, 5.74) is 2.06. The molecule has 1 atom stereocenters. The molecule has 2 aliphatic rings. The number of halogens is 2. The minimum absolute atomic E-state index is 0.0687. The first kappa shape index (κ1) is 19.6. The van der Waals surface area contributed by atoms with Gasteiger partial charge in [0.15, 0.2) is 0 Å². The zero-order chi connectivity index (χ0) is 20.5. The summed E-state index contributed by atoms with van der Waals surface area (Å²) in [4.78, 5) is 37.2. The quantitative estimate of drug-likeness (QED) is 0.766. The van der Waals surface area contributed by atoms with Crippen molar-refractivity contribution in [3.05, 3.63) is 52.8 Å². The van der Waals surface area contributed by atoms with Crippen molar-refractivity contribution < 1.29 is 18.8 Å². The molecule has 2 heterocycles. The summed E-state index contributed by atoms with van der Waals surface area (Å²) >= 11 is 6.59. The number of amides is 3. The second-order valence-corrected chi connectivity index (χ2v) is 7.76. The number of benzene rings is 2. The predicted octanol–water partition coefficient (Wildman–Crippen LogP) is 4.18. The average Bonchev–Trinajstić information content (AvgIpc) is 2.69. The van der Waals surface area contributed by atoms with Crippen LogP contribution in [0.15, 0.2) is 36.4 Å². The highest BCUT2D eigenvalue weighted by Crippen LogP contribution is 2.38. The van der Waals surface area contributed by atoms with Gasteiger partial charge in [0.05, 0.1) is 16.6 Å². The third kappa shape index (κ3) is 3.77. The molecular weight excluding hydrogens is 395 g/mol. The van der Waals surface area contributed by atoms with Gasteiger partial charge in [-0.05, 0) is 42.5 Å². The summed E-state index contributed by atoms with van der Waals surface area (Å²) < 4.78 is 14.8. The van der Waals surface area contributed by atoms with Crippen LogP contribution in [0.2, 0.25) is 5.02 Å². The second kappa shape index (κ2) is 7.95. The number of anilines is 1. The Kier molecular flexibility index (Phi) is 5.37. The fourth-order valence-corrected chi connectivity index (χ4v) is 4.35. The van der Waals surface area contributed by atoms with E-state index >= 15 is 0 Å². The van der Waals surface area contributed by atoms with E-state index < -0.39 is 11.7 Å². The maximum atomic E-state index is 14.8. The molecule has 2 aromatic rings. The molecule has 1 unspecified atom stereocenters. The lowest BCUT2D eigenvalue weighted by Gasteiger charge is -2.27. The third-order valence-electron chi connectivity index (χ3n) is 5.52. The van der Waals surface area contributed by atoms with Crippen molar-refractivity contribution in [2.24, 2.45) is 0 Å². The predicted molar refractivity (Wildman–Crippen MR) is 108 cm³/mol. The molecular formula is C22H20ClFN2O3. The summed E-state index contributed by atoms with van der Waals surface area (Å²) in [6.45, 7) is 0.515. The smallest absolute Gasteiger partial charge is 0.234 e. The van der Waals surface area contributed by atoms with E-state index in [1.165, 1.54) is 11.0 Å². The number of piperidine rings is 2. The number of hydrogen-bond donors (Lipinski definition) is 1. The molecule has 0 aliphatic carbocycles. The fourth-order valence-electron chi connectivity index (χ4n) is 3.99. The van der Waals surface area contributed by atoms with Crippen molar-refractivity contribution in [3.8, 4) is 11.1 Å². The number of hydrogen-bond acceptors (Lipinski definition) is 3. The topological polar surface area (TPSA) is 66.5 Å². The number of imide groups is 1. The van der Waals surface area contributed by atoms with Gasteiger partial charge in [0.2, 0.25) is 17.7 Å². The van der Waals surface area contributed by atoms with E-state index in [0.29, 0.717) is 41.1 Å². The van der Waals surface area contributed by atoms with Crippen molar-refractivity contribution in [2.45, 2.75) is 38.0 Å². The van der Waals surface area contributed by atoms with E-state index in [0.717, 1.165) is 12.8 Å². The molecule has 7 heteroatoms. The van der Waals surface area contributed by atoms with Crippen LogP contribution in [0.1, 0.15) is 43.6 Å². The van der Waals surface area contributed by atoms with Gasteiger partial charge in [-0.25, -0.2) is 4.39 Å². The van der Waals surface area contributed by atoms with Crippen molar-refractivity contribution >= 4 is 35.0 Å². The van der Waals surface area contributed by atoms with Crippen LogP contribution in [-0.2, 0) is 14.4 Å². The Morgan fingerprint density at radius 2 is 1.90 bits per heavy atom. The molecule has 2 fully saturated rings. The second-order valence-electron chi connectivity index (χ2n) is 7.38. The molecule has 0 saturated carbocycles. The Labute approximate surface area is 172 Å². The van der Waals surface area contributed by atoms with Crippen LogP contribution in [0.25, 0.3) is 11.1 Å². The molecule has 2 saturated heterocycles. The van der Waals surface area contributed by atoms with Gasteiger partial charge in [-0.1, -0.05) is 35.9 Å². The molecule has 0 bridgehead atoms. The van der Waals surface area contributed by atoms with Crippen LogP contribution >= 0.6 is 11.6 Å². The highest BCUT2D eigenvalue weighted by Gasteiger charge is 2.30. The van der Waals surface area contributed by atoms with Crippen molar-refractivity contribution in [3.63, 3.8) is 0 Å². The minimum Gasteiger partial charge on any atom is -0.310 e. The number of carbonyl (C=O) groups excluding carboxylic acids is 3. The summed E-state index contributed by atoms with van der Waals surface area (Å²) in [6, 6.07) is 9.98. The van der Waals surface area contributed by atoms with E-state index in [-0.39, 0.29) is 29.8 Å². The van der Waals surface area contributed by atoms with Crippen molar-refractivity contribution in [1.29, 1.82) is 0 Å². The van der Waals surface area contributed by atoms with Gasteiger partial charge in [-0.2, -0.15) is 0 Å². The van der Waals surface area contributed by atoms with Crippen LogP contribution in [0, 0.1) is 5.82 Å². The normalized spacial score (nSPS) is 20.0. The number of nitrogens with one attached hydrogen (secondary N) is 1. The Morgan fingerprint density at radius 3 is 2.62 bits per heavy atom. The SMILES string of the molecule is O=C1CCC(c2cccc(-c3ccc(N4CCCCC4=O)c(F)c3)c2Cl)C(=O)N1. The van der Waals surface area contributed by atoms with Gasteiger partial charge in [0.25, 0.3) is 0 Å². The summed E-state index contributed by atoms with van der Waals surface area (Å²) in [5.74, 6) is -1.73.